The number of hydrogen-bond acceptors (Lipinski definition) is 6. The first-order valence-corrected chi connectivity index (χ1v) is 8.26. The molecule has 0 atom stereocenters. The van der Waals surface area contributed by atoms with Crippen LogP contribution in [0.15, 0.2) is 28.8 Å². The van der Waals surface area contributed by atoms with Crippen molar-refractivity contribution in [1.82, 2.24) is 19.9 Å². The van der Waals surface area contributed by atoms with Crippen LogP contribution in [-0.4, -0.2) is 64.4 Å². The fraction of sp³-hybridized carbons (Fsp3) is 0.529. The monoisotopic (exact) mass is 316 g/mol. The minimum absolute atomic E-state index is 0.226. The zero-order valence-electron chi connectivity index (χ0n) is 13.6. The van der Waals surface area contributed by atoms with Gasteiger partial charge in [-0.25, -0.2) is 0 Å². The van der Waals surface area contributed by atoms with Crippen molar-refractivity contribution < 1.29 is 9.63 Å². The number of rotatable bonds is 6. The van der Waals surface area contributed by atoms with Crippen LogP contribution in [0.5, 0.6) is 0 Å². The summed E-state index contributed by atoms with van der Waals surface area (Å²) in [5.41, 5.74) is 2.29. The number of aliphatic hydroxyl groups excluding tert-OH is 1. The molecule has 1 fully saturated rings. The van der Waals surface area contributed by atoms with Crippen LogP contribution in [0.3, 0.4) is 0 Å². The first-order chi connectivity index (χ1) is 11.3. The van der Waals surface area contributed by atoms with E-state index in [2.05, 4.69) is 39.0 Å². The molecule has 0 unspecified atom stereocenters. The zero-order chi connectivity index (χ0) is 16.1. The van der Waals surface area contributed by atoms with Crippen LogP contribution in [0.4, 0.5) is 0 Å². The molecular weight excluding hydrogens is 292 g/mol. The summed E-state index contributed by atoms with van der Waals surface area (Å²) in [6.07, 6.45) is 1.03. The molecule has 1 N–H and O–H groups in total. The Morgan fingerprint density at radius 2 is 1.78 bits per heavy atom. The Bertz CT molecular complexity index is 603. The van der Waals surface area contributed by atoms with Gasteiger partial charge in [0.25, 0.3) is 0 Å². The molecule has 6 heteroatoms. The molecule has 1 aliphatic heterocycles. The van der Waals surface area contributed by atoms with Gasteiger partial charge in [-0.05, 0) is 12.0 Å². The number of aryl methyl sites for hydroxylation is 1. The number of β-amino-alcohol motifs (C(OH)–C–C–N with tert-alkyl or cyclic N) is 1. The Kier molecular flexibility index (Phi) is 5.38. The molecule has 0 bridgehead atoms. The first-order valence-electron chi connectivity index (χ1n) is 8.26. The van der Waals surface area contributed by atoms with Gasteiger partial charge in [-0.2, -0.15) is 4.98 Å². The van der Waals surface area contributed by atoms with Crippen molar-refractivity contribution in [3.8, 4) is 11.4 Å². The van der Waals surface area contributed by atoms with E-state index in [0.717, 1.165) is 44.7 Å². The third-order valence-corrected chi connectivity index (χ3v) is 4.33. The molecule has 0 saturated carbocycles. The van der Waals surface area contributed by atoms with Crippen LogP contribution in [0.2, 0.25) is 0 Å². The van der Waals surface area contributed by atoms with Crippen molar-refractivity contribution in [1.29, 1.82) is 0 Å². The fourth-order valence-electron chi connectivity index (χ4n) is 2.83. The Morgan fingerprint density at radius 1 is 1.09 bits per heavy atom. The lowest BCUT2D eigenvalue weighted by Crippen LogP contribution is -2.46. The number of aromatic nitrogens is 2. The highest BCUT2D eigenvalue weighted by molar-refractivity contribution is 5.54. The van der Waals surface area contributed by atoms with Gasteiger partial charge in [0, 0.05) is 38.3 Å². The van der Waals surface area contributed by atoms with E-state index in [1.54, 1.807) is 0 Å². The van der Waals surface area contributed by atoms with Crippen molar-refractivity contribution in [3.05, 3.63) is 35.7 Å². The number of piperazine rings is 1. The molecule has 6 nitrogen and oxygen atoms in total. The Morgan fingerprint density at radius 3 is 2.43 bits per heavy atom. The maximum Gasteiger partial charge on any atom is 0.241 e. The van der Waals surface area contributed by atoms with E-state index in [1.165, 1.54) is 5.56 Å². The average Bonchev–Trinajstić information content (AvgIpc) is 3.05. The van der Waals surface area contributed by atoms with Gasteiger partial charge in [-0.15, -0.1) is 0 Å². The number of aliphatic hydroxyl groups is 1. The average molecular weight is 316 g/mol. The van der Waals surface area contributed by atoms with E-state index in [-0.39, 0.29) is 6.61 Å². The molecule has 3 rings (SSSR count). The summed E-state index contributed by atoms with van der Waals surface area (Å²) in [4.78, 5) is 9.09. The number of hydrogen-bond donors (Lipinski definition) is 1. The maximum absolute atomic E-state index is 8.97. The molecule has 2 heterocycles. The second kappa shape index (κ2) is 7.68. The summed E-state index contributed by atoms with van der Waals surface area (Å²) in [5.74, 6) is 1.32. The van der Waals surface area contributed by atoms with Crippen molar-refractivity contribution in [2.45, 2.75) is 19.9 Å². The van der Waals surface area contributed by atoms with E-state index >= 15 is 0 Å². The Labute approximate surface area is 136 Å². The number of nitrogens with zero attached hydrogens (tertiary/aromatic N) is 4. The highest BCUT2D eigenvalue weighted by Gasteiger charge is 2.19. The van der Waals surface area contributed by atoms with Gasteiger partial charge in [-0.1, -0.05) is 36.3 Å². The van der Waals surface area contributed by atoms with Gasteiger partial charge >= 0.3 is 0 Å². The van der Waals surface area contributed by atoms with Crippen LogP contribution in [0, 0.1) is 0 Å². The second-order valence-corrected chi connectivity index (χ2v) is 5.90. The van der Waals surface area contributed by atoms with Crippen molar-refractivity contribution >= 4 is 0 Å². The van der Waals surface area contributed by atoms with Gasteiger partial charge in [0.05, 0.1) is 13.2 Å². The quantitative estimate of drug-likeness (QED) is 0.869. The molecule has 0 aliphatic carbocycles. The highest BCUT2D eigenvalue weighted by atomic mass is 16.5. The maximum atomic E-state index is 8.97. The summed E-state index contributed by atoms with van der Waals surface area (Å²) in [6, 6.07) is 8.29. The molecule has 2 aromatic rings. The fourth-order valence-corrected chi connectivity index (χ4v) is 2.83. The van der Waals surface area contributed by atoms with Gasteiger partial charge in [0.2, 0.25) is 11.7 Å². The molecular formula is C17H24N4O2. The van der Waals surface area contributed by atoms with E-state index < -0.39 is 0 Å². The van der Waals surface area contributed by atoms with Crippen molar-refractivity contribution in [2.24, 2.45) is 0 Å². The van der Waals surface area contributed by atoms with Gasteiger partial charge in [-0.3, -0.25) is 9.80 Å². The minimum Gasteiger partial charge on any atom is -0.395 e. The molecule has 124 valence electrons. The lowest BCUT2D eigenvalue weighted by Gasteiger charge is -2.33. The van der Waals surface area contributed by atoms with Crippen molar-refractivity contribution in [3.63, 3.8) is 0 Å². The highest BCUT2D eigenvalue weighted by Crippen LogP contribution is 2.17. The van der Waals surface area contributed by atoms with E-state index in [0.29, 0.717) is 18.3 Å². The Balaban J connectivity index is 1.57. The molecule has 23 heavy (non-hydrogen) atoms. The predicted octanol–water partition coefficient (Wildman–Crippen LogP) is 1.41. The third-order valence-electron chi connectivity index (χ3n) is 4.33. The lowest BCUT2D eigenvalue weighted by molar-refractivity contribution is 0.101. The summed E-state index contributed by atoms with van der Waals surface area (Å²) in [5, 5.41) is 13.1. The first kappa shape index (κ1) is 16.1. The van der Waals surface area contributed by atoms with E-state index in [4.69, 9.17) is 9.63 Å². The summed E-state index contributed by atoms with van der Waals surface area (Å²) >= 11 is 0. The number of benzene rings is 1. The molecule has 0 spiro atoms. The molecule has 1 aliphatic rings. The van der Waals surface area contributed by atoms with Crippen molar-refractivity contribution in [2.75, 3.05) is 39.3 Å². The lowest BCUT2D eigenvalue weighted by atomic mass is 10.1. The predicted molar refractivity (Wildman–Crippen MR) is 87.9 cm³/mol. The SMILES string of the molecule is CCc1ccc(-c2noc(CN3CCN(CCO)CC3)n2)cc1. The molecule has 0 amide bonds. The normalized spacial score (nSPS) is 16.8. The van der Waals surface area contributed by atoms with Crippen LogP contribution < -0.4 is 0 Å². The van der Waals surface area contributed by atoms with Crippen LogP contribution >= 0.6 is 0 Å². The second-order valence-electron chi connectivity index (χ2n) is 5.90. The Hall–Kier alpha value is -1.76. The molecule has 1 aromatic heterocycles. The standard InChI is InChI=1S/C17H24N4O2/c1-2-14-3-5-15(6-4-14)17-18-16(23-19-17)13-21-9-7-20(8-10-21)11-12-22/h3-6,22H,2,7-13H2,1H3. The molecule has 0 radical (unpaired) electrons. The van der Waals surface area contributed by atoms with E-state index in [9.17, 15) is 0 Å². The summed E-state index contributed by atoms with van der Waals surface area (Å²) < 4.78 is 5.40. The topological polar surface area (TPSA) is 65.6 Å². The largest absolute Gasteiger partial charge is 0.395 e. The third kappa shape index (κ3) is 4.16. The van der Waals surface area contributed by atoms with Crippen LogP contribution in [-0.2, 0) is 13.0 Å². The molecule has 1 aromatic carbocycles. The van der Waals surface area contributed by atoms with E-state index in [1.807, 2.05) is 12.1 Å². The summed E-state index contributed by atoms with van der Waals surface area (Å²) in [7, 11) is 0. The van der Waals surface area contributed by atoms with Gasteiger partial charge < -0.3 is 9.63 Å². The van der Waals surface area contributed by atoms with Crippen LogP contribution in [0.1, 0.15) is 18.4 Å². The molecule has 1 saturated heterocycles. The van der Waals surface area contributed by atoms with Gasteiger partial charge in [0.15, 0.2) is 0 Å². The van der Waals surface area contributed by atoms with Gasteiger partial charge in [0.1, 0.15) is 0 Å². The smallest absolute Gasteiger partial charge is 0.241 e. The zero-order valence-corrected chi connectivity index (χ0v) is 13.6. The minimum atomic E-state index is 0.226. The summed E-state index contributed by atoms with van der Waals surface area (Å²) in [6.45, 7) is 7.68. The van der Waals surface area contributed by atoms with Crippen LogP contribution in [0.25, 0.3) is 11.4 Å².